The molecule has 2 heterocycles. The van der Waals surface area contributed by atoms with E-state index in [4.69, 9.17) is 16.3 Å². The monoisotopic (exact) mass is 352 g/mol. The Balaban J connectivity index is 1.56. The van der Waals surface area contributed by atoms with Crippen molar-refractivity contribution in [1.82, 2.24) is 9.29 Å². The lowest BCUT2D eigenvalue weighted by atomic mass is 10.2. The summed E-state index contributed by atoms with van der Waals surface area (Å²) in [7, 11) is -3.31. The average Bonchev–Trinajstić information content (AvgIpc) is 2.43. The molecule has 1 aromatic carbocycles. The lowest BCUT2D eigenvalue weighted by Gasteiger charge is -2.37. The van der Waals surface area contributed by atoms with Gasteiger partial charge in [-0.1, -0.05) is 41.4 Å². The van der Waals surface area contributed by atoms with Crippen molar-refractivity contribution >= 4 is 21.6 Å². The van der Waals surface area contributed by atoms with Crippen LogP contribution in [-0.2, 0) is 15.8 Å². The van der Waals surface area contributed by atoms with Crippen molar-refractivity contribution in [3.05, 3.63) is 58.7 Å². The van der Waals surface area contributed by atoms with E-state index in [1.165, 1.54) is 10.5 Å². The zero-order chi connectivity index (χ0) is 16.4. The number of rotatable bonds is 5. The Morgan fingerprint density at radius 2 is 2.09 bits per heavy atom. The van der Waals surface area contributed by atoms with Gasteiger partial charge >= 0.3 is 0 Å². The second kappa shape index (κ2) is 6.47. The predicted octanol–water partition coefficient (Wildman–Crippen LogP) is 2.64. The van der Waals surface area contributed by atoms with Crippen LogP contribution in [0.5, 0.6) is 5.88 Å². The van der Waals surface area contributed by atoms with Crippen LogP contribution in [0.3, 0.4) is 0 Å². The minimum atomic E-state index is -3.31. The van der Waals surface area contributed by atoms with Gasteiger partial charge in [-0.05, 0) is 18.6 Å². The van der Waals surface area contributed by atoms with Gasteiger partial charge < -0.3 is 4.74 Å². The minimum Gasteiger partial charge on any atom is -0.472 e. The quantitative estimate of drug-likeness (QED) is 0.830. The third-order valence-electron chi connectivity index (χ3n) is 3.63. The van der Waals surface area contributed by atoms with E-state index in [0.29, 0.717) is 24.0 Å². The van der Waals surface area contributed by atoms with Gasteiger partial charge in [0.05, 0.1) is 23.9 Å². The van der Waals surface area contributed by atoms with Gasteiger partial charge in [0.15, 0.2) is 0 Å². The fourth-order valence-corrected chi connectivity index (χ4v) is 4.09. The van der Waals surface area contributed by atoms with E-state index in [9.17, 15) is 8.42 Å². The van der Waals surface area contributed by atoms with E-state index in [0.717, 1.165) is 11.1 Å². The highest BCUT2D eigenvalue weighted by Gasteiger charge is 2.37. The molecule has 23 heavy (non-hydrogen) atoms. The summed E-state index contributed by atoms with van der Waals surface area (Å²) in [6, 6.07) is 10.9. The van der Waals surface area contributed by atoms with Crippen molar-refractivity contribution in [2.24, 2.45) is 0 Å². The Kier molecular flexibility index (Phi) is 4.57. The molecule has 3 rings (SSSR count). The van der Waals surface area contributed by atoms with Gasteiger partial charge in [0.1, 0.15) is 6.10 Å². The SMILES string of the molecule is Cc1cccc(CS(=O)(=O)N2CC(Oc3ccc(Cl)cn3)C2)c1. The first kappa shape index (κ1) is 16.2. The van der Waals surface area contributed by atoms with Crippen LogP contribution >= 0.6 is 11.6 Å². The van der Waals surface area contributed by atoms with Crippen LogP contribution in [0.25, 0.3) is 0 Å². The molecule has 0 N–H and O–H groups in total. The highest BCUT2D eigenvalue weighted by atomic mass is 35.5. The maximum Gasteiger partial charge on any atom is 0.218 e. The van der Waals surface area contributed by atoms with Crippen molar-refractivity contribution in [2.45, 2.75) is 18.8 Å². The topological polar surface area (TPSA) is 59.5 Å². The number of aryl methyl sites for hydroxylation is 1. The summed E-state index contributed by atoms with van der Waals surface area (Å²) in [5, 5.41) is 0.535. The number of hydrogen-bond donors (Lipinski definition) is 0. The van der Waals surface area contributed by atoms with E-state index in [-0.39, 0.29) is 11.9 Å². The predicted molar refractivity (Wildman–Crippen MR) is 89.0 cm³/mol. The van der Waals surface area contributed by atoms with Gasteiger partial charge in [0.2, 0.25) is 15.9 Å². The Morgan fingerprint density at radius 3 is 2.74 bits per heavy atom. The number of halogens is 1. The maximum atomic E-state index is 12.4. The smallest absolute Gasteiger partial charge is 0.218 e. The van der Waals surface area contributed by atoms with Gasteiger partial charge in [-0.3, -0.25) is 0 Å². The summed E-state index contributed by atoms with van der Waals surface area (Å²) in [4.78, 5) is 4.04. The Morgan fingerprint density at radius 1 is 1.30 bits per heavy atom. The summed E-state index contributed by atoms with van der Waals surface area (Å²) >= 11 is 5.76. The van der Waals surface area contributed by atoms with Crippen molar-refractivity contribution in [3.8, 4) is 5.88 Å². The van der Waals surface area contributed by atoms with Crippen LogP contribution in [0.4, 0.5) is 0 Å². The largest absolute Gasteiger partial charge is 0.472 e. The molecular weight excluding hydrogens is 336 g/mol. The number of nitrogens with zero attached hydrogens (tertiary/aromatic N) is 2. The summed E-state index contributed by atoms with van der Waals surface area (Å²) in [6.45, 7) is 2.64. The number of pyridine rings is 1. The van der Waals surface area contributed by atoms with Crippen LogP contribution in [0, 0.1) is 6.92 Å². The minimum absolute atomic E-state index is 0.0145. The van der Waals surface area contributed by atoms with Crippen molar-refractivity contribution in [3.63, 3.8) is 0 Å². The molecule has 0 bridgehead atoms. The van der Waals surface area contributed by atoms with Crippen molar-refractivity contribution in [2.75, 3.05) is 13.1 Å². The molecule has 1 aliphatic rings. The third kappa shape index (κ3) is 4.02. The first-order chi connectivity index (χ1) is 10.9. The highest BCUT2D eigenvalue weighted by molar-refractivity contribution is 7.88. The van der Waals surface area contributed by atoms with E-state index in [2.05, 4.69) is 4.98 Å². The van der Waals surface area contributed by atoms with Crippen LogP contribution in [0.1, 0.15) is 11.1 Å². The van der Waals surface area contributed by atoms with Crippen molar-refractivity contribution < 1.29 is 13.2 Å². The maximum absolute atomic E-state index is 12.4. The zero-order valence-electron chi connectivity index (χ0n) is 12.6. The number of benzene rings is 1. The highest BCUT2D eigenvalue weighted by Crippen LogP contribution is 2.22. The molecule has 0 radical (unpaired) electrons. The molecule has 2 aromatic rings. The standard InChI is InChI=1S/C16H17ClN2O3S/c1-12-3-2-4-13(7-12)11-23(20,21)19-9-15(10-19)22-16-6-5-14(17)8-18-16/h2-8,15H,9-11H2,1H3. The van der Waals surface area contributed by atoms with E-state index >= 15 is 0 Å². The Bertz CT molecular complexity index is 787. The van der Waals surface area contributed by atoms with Crippen molar-refractivity contribution in [1.29, 1.82) is 0 Å². The second-order valence-corrected chi connectivity index (χ2v) is 8.02. The van der Waals surface area contributed by atoms with Crippen LogP contribution < -0.4 is 4.74 Å². The Labute approximate surface area is 140 Å². The fraction of sp³-hybridized carbons (Fsp3) is 0.312. The first-order valence-electron chi connectivity index (χ1n) is 7.24. The second-order valence-electron chi connectivity index (χ2n) is 5.62. The van der Waals surface area contributed by atoms with Gasteiger partial charge in [-0.2, -0.15) is 4.31 Å². The van der Waals surface area contributed by atoms with Crippen LogP contribution in [0.15, 0.2) is 42.6 Å². The third-order valence-corrected chi connectivity index (χ3v) is 5.63. The average molecular weight is 353 g/mol. The molecular formula is C16H17ClN2O3S. The lowest BCUT2D eigenvalue weighted by Crippen LogP contribution is -2.56. The van der Waals surface area contributed by atoms with E-state index < -0.39 is 10.0 Å². The molecule has 0 saturated carbocycles. The number of sulfonamides is 1. The normalized spacial score (nSPS) is 16.1. The number of ether oxygens (including phenoxy) is 1. The summed E-state index contributed by atoms with van der Waals surface area (Å²) < 4.78 is 31.8. The van der Waals surface area contributed by atoms with Gasteiger partial charge in [0.25, 0.3) is 0 Å². The van der Waals surface area contributed by atoms with Crippen LogP contribution in [0.2, 0.25) is 5.02 Å². The number of aromatic nitrogens is 1. The van der Waals surface area contributed by atoms with Gasteiger partial charge in [-0.25, -0.2) is 13.4 Å². The molecule has 5 nitrogen and oxygen atoms in total. The van der Waals surface area contributed by atoms with Gasteiger partial charge in [-0.15, -0.1) is 0 Å². The molecule has 1 aliphatic heterocycles. The molecule has 1 aromatic heterocycles. The molecule has 0 aliphatic carbocycles. The Hall–Kier alpha value is -1.63. The first-order valence-corrected chi connectivity index (χ1v) is 9.23. The molecule has 0 amide bonds. The molecule has 0 atom stereocenters. The molecule has 7 heteroatoms. The molecule has 122 valence electrons. The van der Waals surface area contributed by atoms with Crippen LogP contribution in [-0.4, -0.2) is 36.9 Å². The summed E-state index contributed by atoms with van der Waals surface area (Å²) in [5.41, 5.74) is 1.85. The zero-order valence-corrected chi connectivity index (χ0v) is 14.2. The lowest BCUT2D eigenvalue weighted by molar-refractivity contribution is 0.0720. The molecule has 0 unspecified atom stereocenters. The van der Waals surface area contributed by atoms with Gasteiger partial charge in [0, 0.05) is 12.3 Å². The molecule has 0 spiro atoms. The summed E-state index contributed by atoms with van der Waals surface area (Å²) in [6.07, 6.45) is 1.33. The fourth-order valence-electron chi connectivity index (χ4n) is 2.41. The van der Waals surface area contributed by atoms with E-state index in [1.54, 1.807) is 12.1 Å². The molecule has 1 fully saturated rings. The summed E-state index contributed by atoms with van der Waals surface area (Å²) in [5.74, 6) is 0.468. The number of hydrogen-bond acceptors (Lipinski definition) is 4. The van der Waals surface area contributed by atoms with E-state index in [1.807, 2.05) is 31.2 Å². The molecule has 1 saturated heterocycles.